The molecular formula is C25H28N2O7. The van der Waals surface area contributed by atoms with Gasteiger partial charge >= 0.3 is 12.1 Å². The van der Waals surface area contributed by atoms with Gasteiger partial charge in [0.15, 0.2) is 6.10 Å². The van der Waals surface area contributed by atoms with Crippen LogP contribution in [0.1, 0.15) is 37.0 Å². The molecule has 0 spiro atoms. The average molecular weight is 469 g/mol. The van der Waals surface area contributed by atoms with Gasteiger partial charge in [0.05, 0.1) is 24.3 Å². The van der Waals surface area contributed by atoms with Crippen molar-refractivity contribution in [3.63, 3.8) is 0 Å². The SMILES string of the molecule is CCO[C@@H](CC/C=C/C(=O)O)[C@@H](OC(=O)Nc1ccc(C#N)cc1)c1cccc(OCCO)c1. The van der Waals surface area contributed by atoms with E-state index < -0.39 is 24.3 Å². The number of carbonyl (C=O) groups is 2. The molecule has 180 valence electrons. The van der Waals surface area contributed by atoms with E-state index in [0.29, 0.717) is 42.0 Å². The minimum absolute atomic E-state index is 0.114. The summed E-state index contributed by atoms with van der Waals surface area (Å²) in [5.41, 5.74) is 1.54. The van der Waals surface area contributed by atoms with Gasteiger partial charge in [0.25, 0.3) is 0 Å². The fourth-order valence-electron chi connectivity index (χ4n) is 3.17. The summed E-state index contributed by atoms with van der Waals surface area (Å²) in [5.74, 6) is -0.551. The Morgan fingerprint density at radius 2 is 1.97 bits per heavy atom. The molecule has 0 unspecified atom stereocenters. The van der Waals surface area contributed by atoms with Crippen molar-refractivity contribution in [2.24, 2.45) is 0 Å². The normalized spacial score (nSPS) is 12.5. The van der Waals surface area contributed by atoms with Crippen molar-refractivity contribution in [3.8, 4) is 11.8 Å². The van der Waals surface area contributed by atoms with Gasteiger partial charge in [0.2, 0.25) is 0 Å². The minimum atomic E-state index is -1.05. The Bertz CT molecular complexity index is 999. The number of benzene rings is 2. The zero-order chi connectivity index (χ0) is 24.8. The Labute approximate surface area is 198 Å². The first kappa shape index (κ1) is 26.4. The zero-order valence-corrected chi connectivity index (χ0v) is 18.8. The number of ether oxygens (including phenoxy) is 3. The van der Waals surface area contributed by atoms with Gasteiger partial charge in [0.1, 0.15) is 12.4 Å². The topological polar surface area (TPSA) is 138 Å². The third-order valence-corrected chi connectivity index (χ3v) is 4.64. The van der Waals surface area contributed by atoms with Crippen molar-refractivity contribution < 1.29 is 34.0 Å². The lowest BCUT2D eigenvalue weighted by Gasteiger charge is -2.27. The van der Waals surface area contributed by atoms with E-state index in [-0.39, 0.29) is 13.2 Å². The molecular weight excluding hydrogens is 440 g/mol. The van der Waals surface area contributed by atoms with Gasteiger partial charge in [0, 0.05) is 18.4 Å². The molecule has 0 aromatic heterocycles. The highest BCUT2D eigenvalue weighted by atomic mass is 16.6. The van der Waals surface area contributed by atoms with Crippen molar-refractivity contribution in [2.45, 2.75) is 32.0 Å². The highest BCUT2D eigenvalue weighted by molar-refractivity contribution is 5.84. The fraction of sp³-hybridized carbons (Fsp3) is 0.320. The van der Waals surface area contributed by atoms with Crippen molar-refractivity contribution in [1.82, 2.24) is 0 Å². The number of hydrogen-bond acceptors (Lipinski definition) is 7. The summed E-state index contributed by atoms with van der Waals surface area (Å²) in [7, 11) is 0. The molecule has 0 saturated heterocycles. The molecule has 2 aromatic carbocycles. The summed E-state index contributed by atoms with van der Waals surface area (Å²) >= 11 is 0. The second-order valence-electron chi connectivity index (χ2n) is 7.10. The van der Waals surface area contributed by atoms with Crippen LogP contribution >= 0.6 is 0 Å². The maximum atomic E-state index is 12.7. The highest BCUT2D eigenvalue weighted by Gasteiger charge is 2.28. The van der Waals surface area contributed by atoms with Crippen LogP contribution in [-0.4, -0.2) is 48.2 Å². The number of rotatable bonds is 13. The van der Waals surface area contributed by atoms with E-state index in [9.17, 15) is 9.59 Å². The molecule has 0 aliphatic carbocycles. The highest BCUT2D eigenvalue weighted by Crippen LogP contribution is 2.30. The molecule has 0 radical (unpaired) electrons. The third kappa shape index (κ3) is 8.94. The first-order chi connectivity index (χ1) is 16.5. The maximum Gasteiger partial charge on any atom is 0.412 e. The molecule has 9 heteroatoms. The Balaban J connectivity index is 2.25. The van der Waals surface area contributed by atoms with Crippen molar-refractivity contribution >= 4 is 17.7 Å². The number of aliphatic hydroxyl groups excluding tert-OH is 1. The van der Waals surface area contributed by atoms with E-state index >= 15 is 0 Å². The molecule has 2 rings (SSSR count). The number of amides is 1. The zero-order valence-electron chi connectivity index (χ0n) is 18.8. The van der Waals surface area contributed by atoms with Crippen LogP contribution in [-0.2, 0) is 14.3 Å². The standard InChI is InChI=1S/C25H28N2O7/c1-2-32-22(8-3-4-9-23(29)30)24(19-6-5-7-21(16-19)33-15-14-28)34-25(31)27-20-12-10-18(17-26)11-13-20/h4-7,9-13,16,22,24,28H,2-3,8,14-15H2,1H3,(H,27,31)(H,29,30)/b9-4+/t22-,24-/m0/s1. The van der Waals surface area contributed by atoms with Gasteiger partial charge in [-0.3, -0.25) is 5.32 Å². The number of carboxylic acid groups (broad SMARTS) is 1. The monoisotopic (exact) mass is 468 g/mol. The molecule has 34 heavy (non-hydrogen) atoms. The molecule has 1 amide bonds. The minimum Gasteiger partial charge on any atom is -0.491 e. The summed E-state index contributed by atoms with van der Waals surface area (Å²) < 4.78 is 17.1. The Kier molecular flexibility index (Phi) is 11.1. The summed E-state index contributed by atoms with van der Waals surface area (Å²) in [6.07, 6.45) is 1.26. The fourth-order valence-corrected chi connectivity index (χ4v) is 3.17. The Hall–Kier alpha value is -3.87. The largest absolute Gasteiger partial charge is 0.491 e. The number of allylic oxidation sites excluding steroid dienone is 1. The molecule has 0 fully saturated rings. The van der Waals surface area contributed by atoms with Crippen molar-refractivity contribution in [3.05, 3.63) is 71.8 Å². The number of carbonyl (C=O) groups excluding carboxylic acids is 1. The number of carboxylic acids is 1. The second kappa shape index (κ2) is 14.3. The summed E-state index contributed by atoms with van der Waals surface area (Å²) in [5, 5.41) is 29.4. The van der Waals surface area contributed by atoms with Gasteiger partial charge in [-0.05, 0) is 61.7 Å². The Morgan fingerprint density at radius 1 is 1.21 bits per heavy atom. The number of aliphatic hydroxyl groups is 1. The van der Waals surface area contributed by atoms with Crippen molar-refractivity contribution in [2.75, 3.05) is 25.1 Å². The first-order valence-corrected chi connectivity index (χ1v) is 10.8. The van der Waals surface area contributed by atoms with Crippen LogP contribution in [0.3, 0.4) is 0 Å². The van der Waals surface area contributed by atoms with Crippen molar-refractivity contribution in [1.29, 1.82) is 5.26 Å². The summed E-state index contributed by atoms with van der Waals surface area (Å²) in [4.78, 5) is 23.5. The van der Waals surface area contributed by atoms with Crippen LogP contribution in [0.2, 0.25) is 0 Å². The van der Waals surface area contributed by atoms with Gasteiger partial charge < -0.3 is 24.4 Å². The van der Waals surface area contributed by atoms with Gasteiger partial charge in [-0.1, -0.05) is 18.2 Å². The van der Waals surface area contributed by atoms with Crippen LogP contribution in [0, 0.1) is 11.3 Å². The predicted octanol–water partition coefficient (Wildman–Crippen LogP) is 4.05. The van der Waals surface area contributed by atoms with Gasteiger partial charge in [-0.15, -0.1) is 0 Å². The number of nitrogens with zero attached hydrogens (tertiary/aromatic N) is 1. The molecule has 9 nitrogen and oxygen atoms in total. The lowest BCUT2D eigenvalue weighted by atomic mass is 10.00. The predicted molar refractivity (Wildman–Crippen MR) is 124 cm³/mol. The number of hydrogen-bond donors (Lipinski definition) is 3. The lowest BCUT2D eigenvalue weighted by Crippen LogP contribution is -2.29. The molecule has 0 aliphatic heterocycles. The molecule has 3 N–H and O–H groups in total. The lowest BCUT2D eigenvalue weighted by molar-refractivity contribution is -0.131. The summed E-state index contributed by atoms with van der Waals surface area (Å²) in [6.45, 7) is 2.14. The average Bonchev–Trinajstić information content (AvgIpc) is 2.84. The molecule has 0 aliphatic rings. The van der Waals surface area contributed by atoms with Crippen LogP contribution in [0.25, 0.3) is 0 Å². The van der Waals surface area contributed by atoms with Gasteiger partial charge in [-0.2, -0.15) is 5.26 Å². The molecule has 0 heterocycles. The van der Waals surface area contributed by atoms with E-state index in [1.54, 1.807) is 48.5 Å². The van der Waals surface area contributed by atoms with E-state index in [1.165, 1.54) is 6.08 Å². The van der Waals surface area contributed by atoms with E-state index in [2.05, 4.69) is 5.32 Å². The summed E-state index contributed by atoms with van der Waals surface area (Å²) in [6, 6.07) is 15.3. The van der Waals surface area contributed by atoms with E-state index in [1.807, 2.05) is 13.0 Å². The Morgan fingerprint density at radius 3 is 2.62 bits per heavy atom. The van der Waals surface area contributed by atoms with Crippen LogP contribution in [0.4, 0.5) is 10.5 Å². The second-order valence-corrected chi connectivity index (χ2v) is 7.10. The number of nitrogens with one attached hydrogen (secondary N) is 1. The number of aliphatic carboxylic acids is 1. The quantitative estimate of drug-likeness (QED) is 0.374. The molecule has 0 bridgehead atoms. The maximum absolute atomic E-state index is 12.7. The first-order valence-electron chi connectivity index (χ1n) is 10.8. The van der Waals surface area contributed by atoms with Crippen LogP contribution in [0.15, 0.2) is 60.7 Å². The molecule has 0 saturated carbocycles. The smallest absolute Gasteiger partial charge is 0.412 e. The van der Waals surface area contributed by atoms with Crippen LogP contribution in [0.5, 0.6) is 5.75 Å². The van der Waals surface area contributed by atoms with E-state index in [0.717, 1.165) is 6.08 Å². The van der Waals surface area contributed by atoms with Gasteiger partial charge in [-0.25, -0.2) is 9.59 Å². The number of anilines is 1. The van der Waals surface area contributed by atoms with E-state index in [4.69, 9.17) is 29.7 Å². The molecule has 2 aromatic rings. The third-order valence-electron chi connectivity index (χ3n) is 4.64. The molecule has 2 atom stereocenters. The van der Waals surface area contributed by atoms with Crippen LogP contribution < -0.4 is 10.1 Å². The number of nitriles is 1.